The predicted molar refractivity (Wildman–Crippen MR) is 158 cm³/mol. The third-order valence-electron chi connectivity index (χ3n) is 7.93. The van der Waals surface area contributed by atoms with Crippen LogP contribution in [0.5, 0.6) is 0 Å². The highest BCUT2D eigenvalue weighted by Gasteiger charge is 2.32. The lowest BCUT2D eigenvalue weighted by Crippen LogP contribution is -2.49. The normalized spacial score (nSPS) is 22.1. The molecule has 210 valence electrons. The van der Waals surface area contributed by atoms with Crippen LogP contribution in [0.2, 0.25) is 0 Å². The maximum atomic E-state index is 13.5. The fraction of sp³-hybridized carbons (Fsp3) is 0.516. The second kappa shape index (κ2) is 14.7. The van der Waals surface area contributed by atoms with E-state index in [2.05, 4.69) is 38.8 Å². The first-order valence-electron chi connectivity index (χ1n) is 14.5. The van der Waals surface area contributed by atoms with Gasteiger partial charge in [-0.15, -0.1) is 0 Å². The molecule has 2 unspecified atom stereocenters. The van der Waals surface area contributed by atoms with Gasteiger partial charge in [-0.2, -0.15) is 0 Å². The largest absolute Gasteiger partial charge is 0.370 e. The van der Waals surface area contributed by atoms with E-state index in [0.29, 0.717) is 44.0 Å². The SMILES string of the molecule is NC(N)=NCCCC1NC(CNC(=O)c2ccc(C3=CCC=CC=C3)cc2)CCN(CC2CCCCC2)C1=O. The topological polar surface area (TPSA) is 126 Å². The maximum absolute atomic E-state index is 13.5. The Balaban J connectivity index is 1.35. The van der Waals surface area contributed by atoms with Crippen LogP contribution in [0.4, 0.5) is 0 Å². The first kappa shape index (κ1) is 28.6. The number of guanidine groups is 1. The Morgan fingerprint density at radius 2 is 1.87 bits per heavy atom. The molecule has 2 aliphatic carbocycles. The van der Waals surface area contributed by atoms with Gasteiger partial charge in [-0.1, -0.05) is 61.8 Å². The van der Waals surface area contributed by atoms with Crippen LogP contribution in [0.25, 0.3) is 5.57 Å². The van der Waals surface area contributed by atoms with Gasteiger partial charge >= 0.3 is 0 Å². The van der Waals surface area contributed by atoms with Crippen LogP contribution in [0, 0.1) is 5.92 Å². The first-order valence-corrected chi connectivity index (χ1v) is 14.5. The molecule has 0 aromatic heterocycles. The van der Waals surface area contributed by atoms with Crippen molar-refractivity contribution in [2.24, 2.45) is 22.4 Å². The monoisotopic (exact) mass is 532 g/mol. The summed E-state index contributed by atoms with van der Waals surface area (Å²) in [5.41, 5.74) is 13.8. The van der Waals surface area contributed by atoms with E-state index in [1.807, 2.05) is 36.4 Å². The van der Waals surface area contributed by atoms with Crippen LogP contribution in [-0.4, -0.2) is 60.9 Å². The molecule has 1 heterocycles. The highest BCUT2D eigenvalue weighted by Crippen LogP contribution is 2.26. The fourth-order valence-electron chi connectivity index (χ4n) is 5.74. The number of hydrogen-bond donors (Lipinski definition) is 4. The van der Waals surface area contributed by atoms with Crippen molar-refractivity contribution >= 4 is 23.3 Å². The summed E-state index contributed by atoms with van der Waals surface area (Å²) >= 11 is 0. The molecule has 0 bridgehead atoms. The molecule has 6 N–H and O–H groups in total. The molecule has 4 rings (SSSR count). The second-order valence-electron chi connectivity index (χ2n) is 10.9. The lowest BCUT2D eigenvalue weighted by molar-refractivity contribution is -0.133. The molecule has 2 fully saturated rings. The number of aliphatic imine (C=N–C) groups is 1. The van der Waals surface area contributed by atoms with E-state index >= 15 is 0 Å². The van der Waals surface area contributed by atoms with Gasteiger partial charge in [0, 0.05) is 37.8 Å². The molecule has 8 nitrogen and oxygen atoms in total. The minimum absolute atomic E-state index is 0.00962. The van der Waals surface area contributed by atoms with Gasteiger partial charge in [0.05, 0.1) is 6.04 Å². The van der Waals surface area contributed by atoms with Crippen LogP contribution in [-0.2, 0) is 4.79 Å². The van der Waals surface area contributed by atoms with Gasteiger partial charge in [0.2, 0.25) is 5.91 Å². The molecule has 0 radical (unpaired) electrons. The van der Waals surface area contributed by atoms with Crippen LogP contribution in [0.3, 0.4) is 0 Å². The lowest BCUT2D eigenvalue weighted by atomic mass is 9.89. The van der Waals surface area contributed by atoms with Crippen molar-refractivity contribution < 1.29 is 9.59 Å². The Bertz CT molecular complexity index is 1080. The summed E-state index contributed by atoms with van der Waals surface area (Å²) in [5, 5.41) is 6.64. The number of nitrogens with two attached hydrogens (primary N) is 2. The van der Waals surface area contributed by atoms with Crippen molar-refractivity contribution in [3.63, 3.8) is 0 Å². The van der Waals surface area contributed by atoms with Crippen LogP contribution < -0.4 is 22.1 Å². The number of rotatable bonds is 10. The van der Waals surface area contributed by atoms with E-state index in [-0.39, 0.29) is 29.9 Å². The summed E-state index contributed by atoms with van der Waals surface area (Å²) in [6.07, 6.45) is 19.8. The van der Waals surface area contributed by atoms with E-state index in [1.165, 1.54) is 32.1 Å². The molecule has 0 spiro atoms. The van der Waals surface area contributed by atoms with Gasteiger partial charge in [-0.25, -0.2) is 0 Å². The smallest absolute Gasteiger partial charge is 0.251 e. The molecule has 1 aromatic rings. The Hall–Kier alpha value is -3.39. The molecule has 1 saturated carbocycles. The Morgan fingerprint density at radius 1 is 1.08 bits per heavy atom. The van der Waals surface area contributed by atoms with Gasteiger partial charge in [-0.05, 0) is 67.7 Å². The van der Waals surface area contributed by atoms with Crippen LogP contribution >= 0.6 is 0 Å². The molecule has 2 atom stereocenters. The second-order valence-corrected chi connectivity index (χ2v) is 10.9. The van der Waals surface area contributed by atoms with Crippen molar-refractivity contribution in [1.29, 1.82) is 0 Å². The van der Waals surface area contributed by atoms with Crippen molar-refractivity contribution in [3.05, 3.63) is 65.8 Å². The van der Waals surface area contributed by atoms with Crippen molar-refractivity contribution in [3.8, 4) is 0 Å². The summed E-state index contributed by atoms with van der Waals surface area (Å²) in [6, 6.07) is 7.45. The van der Waals surface area contributed by atoms with E-state index in [1.54, 1.807) is 0 Å². The zero-order valence-corrected chi connectivity index (χ0v) is 23.0. The van der Waals surface area contributed by atoms with E-state index in [4.69, 9.17) is 11.5 Å². The number of carbonyl (C=O) groups is 2. The summed E-state index contributed by atoms with van der Waals surface area (Å²) in [5.74, 6) is 0.716. The molecule has 3 aliphatic rings. The highest BCUT2D eigenvalue weighted by molar-refractivity contribution is 5.94. The number of carbonyl (C=O) groups excluding carboxylic acids is 2. The van der Waals surface area contributed by atoms with E-state index < -0.39 is 0 Å². The fourth-order valence-corrected chi connectivity index (χ4v) is 5.74. The van der Waals surface area contributed by atoms with Crippen molar-refractivity contribution in [2.75, 3.05) is 26.2 Å². The summed E-state index contributed by atoms with van der Waals surface area (Å²) in [7, 11) is 0. The number of allylic oxidation sites excluding steroid dienone is 6. The molecular weight excluding hydrogens is 488 g/mol. The number of nitrogens with zero attached hydrogens (tertiary/aromatic N) is 2. The zero-order valence-electron chi connectivity index (χ0n) is 23.0. The predicted octanol–water partition coefficient (Wildman–Crippen LogP) is 3.51. The molecule has 1 saturated heterocycles. The summed E-state index contributed by atoms with van der Waals surface area (Å²) < 4.78 is 0. The van der Waals surface area contributed by atoms with Gasteiger partial charge in [-0.3, -0.25) is 14.6 Å². The highest BCUT2D eigenvalue weighted by atomic mass is 16.2. The van der Waals surface area contributed by atoms with Crippen LogP contribution in [0.1, 0.15) is 73.7 Å². The summed E-state index contributed by atoms with van der Waals surface area (Å²) in [4.78, 5) is 32.6. The molecular formula is C31H44N6O2. The molecule has 2 amide bonds. The summed E-state index contributed by atoms with van der Waals surface area (Å²) in [6.45, 7) is 2.50. The third-order valence-corrected chi connectivity index (χ3v) is 7.93. The number of nitrogens with one attached hydrogen (secondary N) is 2. The maximum Gasteiger partial charge on any atom is 0.251 e. The Labute approximate surface area is 232 Å². The first-order chi connectivity index (χ1) is 19.0. The van der Waals surface area contributed by atoms with Crippen LogP contribution in [0.15, 0.2) is 59.6 Å². The average molecular weight is 533 g/mol. The minimum Gasteiger partial charge on any atom is -0.370 e. The average Bonchev–Trinajstić information content (AvgIpc) is 3.31. The molecule has 1 aliphatic heterocycles. The van der Waals surface area contributed by atoms with E-state index in [0.717, 1.165) is 30.5 Å². The van der Waals surface area contributed by atoms with Crippen molar-refractivity contribution in [1.82, 2.24) is 15.5 Å². The van der Waals surface area contributed by atoms with Gasteiger partial charge in [0.15, 0.2) is 5.96 Å². The number of amides is 2. The Kier molecular flexibility index (Phi) is 10.8. The van der Waals surface area contributed by atoms with Crippen molar-refractivity contribution in [2.45, 2.75) is 69.9 Å². The van der Waals surface area contributed by atoms with E-state index in [9.17, 15) is 9.59 Å². The number of hydrogen-bond acceptors (Lipinski definition) is 4. The molecule has 8 heteroatoms. The zero-order chi connectivity index (χ0) is 27.5. The third kappa shape index (κ3) is 8.82. The van der Waals surface area contributed by atoms with Gasteiger partial charge < -0.3 is 27.0 Å². The van der Waals surface area contributed by atoms with Gasteiger partial charge in [0.1, 0.15) is 0 Å². The molecule has 39 heavy (non-hydrogen) atoms. The van der Waals surface area contributed by atoms with Gasteiger partial charge in [0.25, 0.3) is 5.91 Å². The quantitative estimate of drug-likeness (QED) is 0.208. The standard InChI is InChI=1S/C31H44N6O2/c32-31(33)34-19-8-13-28-30(39)37(22-23-9-4-3-5-10-23)20-18-27(36-28)21-35-29(38)26-16-14-25(15-17-26)24-11-6-1-2-7-12-24/h1-2,6,11-12,14-17,23,27-28,36H,3-5,7-10,13,18-22H2,(H,35,38)(H4,32,33,34). The Morgan fingerprint density at radius 3 is 2.64 bits per heavy atom. The minimum atomic E-state index is -0.304. The number of benzene rings is 1. The lowest BCUT2D eigenvalue weighted by Gasteiger charge is -2.30. The molecule has 1 aromatic carbocycles.